The maximum Gasteiger partial charge on any atom is -0.00462 e. The first-order valence-corrected chi connectivity index (χ1v) is 5.70. The van der Waals surface area contributed by atoms with Crippen molar-refractivity contribution >= 4 is 0 Å². The number of hydrogen-bond donors (Lipinski definition) is 1. The molecule has 0 aromatic heterocycles. The largest absolute Gasteiger partial charge is 0.317 e. The van der Waals surface area contributed by atoms with Gasteiger partial charge in [-0.2, -0.15) is 0 Å². The molecule has 1 heteroatoms. The van der Waals surface area contributed by atoms with Crippen molar-refractivity contribution in [2.45, 2.75) is 25.7 Å². The molecule has 1 aromatic rings. The van der Waals surface area contributed by atoms with E-state index in [2.05, 4.69) is 35.6 Å². The Kier molecular flexibility index (Phi) is 3.58. The van der Waals surface area contributed by atoms with Gasteiger partial charge in [0.2, 0.25) is 0 Å². The van der Waals surface area contributed by atoms with Gasteiger partial charge in [-0.3, -0.25) is 0 Å². The van der Waals surface area contributed by atoms with Gasteiger partial charge in [0.05, 0.1) is 0 Å². The quantitative estimate of drug-likeness (QED) is 0.754. The Balaban J connectivity index is 1.90. The summed E-state index contributed by atoms with van der Waals surface area (Å²) in [7, 11) is 0. The van der Waals surface area contributed by atoms with Crippen molar-refractivity contribution in [1.29, 1.82) is 0 Å². The smallest absolute Gasteiger partial charge is 0.00462 e. The lowest BCUT2D eigenvalue weighted by atomic mass is 9.93. The highest BCUT2D eigenvalue weighted by Crippen LogP contribution is 2.18. The Bertz CT molecular complexity index is 247. The Morgan fingerprint density at radius 1 is 1.07 bits per heavy atom. The molecule has 0 amide bonds. The highest BCUT2D eigenvalue weighted by molar-refractivity contribution is 5.15. The summed E-state index contributed by atoms with van der Waals surface area (Å²) in [5, 5.41) is 3.46. The molecule has 1 unspecified atom stereocenters. The molecule has 0 aliphatic carbocycles. The van der Waals surface area contributed by atoms with Crippen LogP contribution < -0.4 is 5.32 Å². The zero-order valence-electron chi connectivity index (χ0n) is 8.71. The van der Waals surface area contributed by atoms with Crippen molar-refractivity contribution in [1.82, 2.24) is 5.32 Å². The van der Waals surface area contributed by atoms with Gasteiger partial charge in [-0.15, -0.1) is 0 Å². The number of hydrogen-bond acceptors (Lipinski definition) is 1. The van der Waals surface area contributed by atoms with Gasteiger partial charge in [0.15, 0.2) is 0 Å². The first-order chi connectivity index (χ1) is 6.95. The molecule has 0 bridgehead atoms. The van der Waals surface area contributed by atoms with Crippen LogP contribution in [0, 0.1) is 5.92 Å². The van der Waals surface area contributed by atoms with Crippen molar-refractivity contribution in [2.75, 3.05) is 13.1 Å². The van der Waals surface area contributed by atoms with E-state index in [0.29, 0.717) is 0 Å². The molecule has 1 nitrogen and oxygen atoms in total. The molecular weight excluding hydrogens is 170 g/mol. The van der Waals surface area contributed by atoms with E-state index in [1.54, 1.807) is 0 Å². The zero-order valence-corrected chi connectivity index (χ0v) is 8.71. The van der Waals surface area contributed by atoms with Crippen LogP contribution in [0.1, 0.15) is 24.8 Å². The summed E-state index contributed by atoms with van der Waals surface area (Å²) in [6, 6.07) is 10.9. The normalized spacial score (nSPS) is 23.0. The zero-order chi connectivity index (χ0) is 9.64. The third kappa shape index (κ3) is 2.85. The number of nitrogens with one attached hydrogen (secondary N) is 1. The van der Waals surface area contributed by atoms with Crippen LogP contribution >= 0.6 is 0 Å². The van der Waals surface area contributed by atoms with Gasteiger partial charge in [0.25, 0.3) is 0 Å². The molecule has 0 radical (unpaired) electrons. The van der Waals surface area contributed by atoms with Crippen LogP contribution in [-0.4, -0.2) is 13.1 Å². The molecular formula is C13H19N. The van der Waals surface area contributed by atoms with Crippen LogP contribution in [0.3, 0.4) is 0 Å². The lowest BCUT2D eigenvalue weighted by molar-refractivity contribution is 0.470. The van der Waals surface area contributed by atoms with Crippen LogP contribution in [0.15, 0.2) is 30.3 Å². The maximum atomic E-state index is 3.46. The van der Waals surface area contributed by atoms with Crippen LogP contribution in [0.5, 0.6) is 0 Å². The van der Waals surface area contributed by atoms with Crippen molar-refractivity contribution in [2.24, 2.45) is 5.92 Å². The topological polar surface area (TPSA) is 12.0 Å². The molecule has 1 aliphatic rings. The second-order valence-electron chi connectivity index (χ2n) is 4.24. The molecule has 0 spiro atoms. The summed E-state index contributed by atoms with van der Waals surface area (Å²) in [5.74, 6) is 0.896. The molecule has 1 aromatic carbocycles. The molecule has 1 saturated heterocycles. The van der Waals surface area contributed by atoms with E-state index in [1.807, 2.05) is 0 Å². The van der Waals surface area contributed by atoms with E-state index in [1.165, 1.54) is 44.3 Å². The van der Waals surface area contributed by atoms with E-state index in [-0.39, 0.29) is 0 Å². The van der Waals surface area contributed by atoms with Crippen LogP contribution in [0.4, 0.5) is 0 Å². The van der Waals surface area contributed by atoms with Gasteiger partial charge in [-0.05, 0) is 50.3 Å². The number of rotatable bonds is 2. The molecule has 1 atom stereocenters. The monoisotopic (exact) mass is 189 g/mol. The standard InChI is InChI=1S/C13H19N/c1-2-5-12(6-3-1)11-13-7-4-9-14-10-8-13/h1-3,5-6,13-14H,4,7-11H2. The molecule has 76 valence electrons. The maximum absolute atomic E-state index is 3.46. The summed E-state index contributed by atoms with van der Waals surface area (Å²) in [6.07, 6.45) is 5.34. The summed E-state index contributed by atoms with van der Waals surface area (Å²) < 4.78 is 0. The summed E-state index contributed by atoms with van der Waals surface area (Å²) in [6.45, 7) is 2.42. The predicted octanol–water partition coefficient (Wildman–Crippen LogP) is 2.62. The fourth-order valence-corrected chi connectivity index (χ4v) is 2.24. The van der Waals surface area contributed by atoms with E-state index >= 15 is 0 Å². The second kappa shape index (κ2) is 5.16. The van der Waals surface area contributed by atoms with E-state index in [4.69, 9.17) is 0 Å². The molecule has 0 saturated carbocycles. The Morgan fingerprint density at radius 2 is 1.93 bits per heavy atom. The molecule has 1 N–H and O–H groups in total. The third-order valence-corrected chi connectivity index (χ3v) is 3.06. The molecule has 2 rings (SSSR count). The van der Waals surface area contributed by atoms with Crippen molar-refractivity contribution in [3.05, 3.63) is 35.9 Å². The van der Waals surface area contributed by atoms with Gasteiger partial charge in [-0.25, -0.2) is 0 Å². The minimum absolute atomic E-state index is 0.896. The van der Waals surface area contributed by atoms with Crippen molar-refractivity contribution in [3.8, 4) is 0 Å². The minimum Gasteiger partial charge on any atom is -0.317 e. The average molecular weight is 189 g/mol. The Labute approximate surface area is 86.5 Å². The number of benzene rings is 1. The highest BCUT2D eigenvalue weighted by Gasteiger charge is 2.11. The fraction of sp³-hybridized carbons (Fsp3) is 0.538. The average Bonchev–Trinajstić information content (AvgIpc) is 2.48. The van der Waals surface area contributed by atoms with E-state index in [9.17, 15) is 0 Å². The van der Waals surface area contributed by atoms with Crippen LogP contribution in [0.2, 0.25) is 0 Å². The Morgan fingerprint density at radius 3 is 2.79 bits per heavy atom. The molecule has 1 heterocycles. The lowest BCUT2D eigenvalue weighted by Crippen LogP contribution is -2.14. The van der Waals surface area contributed by atoms with E-state index < -0.39 is 0 Å². The van der Waals surface area contributed by atoms with E-state index in [0.717, 1.165) is 5.92 Å². The minimum atomic E-state index is 0.896. The van der Waals surface area contributed by atoms with Crippen molar-refractivity contribution < 1.29 is 0 Å². The van der Waals surface area contributed by atoms with Gasteiger partial charge < -0.3 is 5.32 Å². The summed E-state index contributed by atoms with van der Waals surface area (Å²) in [5.41, 5.74) is 1.50. The SMILES string of the molecule is c1ccc(CC2CCCNCC2)cc1. The second-order valence-corrected chi connectivity index (χ2v) is 4.24. The van der Waals surface area contributed by atoms with Crippen LogP contribution in [0.25, 0.3) is 0 Å². The van der Waals surface area contributed by atoms with Gasteiger partial charge in [-0.1, -0.05) is 30.3 Å². The Hall–Kier alpha value is -0.820. The van der Waals surface area contributed by atoms with Crippen LogP contribution in [-0.2, 0) is 6.42 Å². The third-order valence-electron chi connectivity index (χ3n) is 3.06. The first-order valence-electron chi connectivity index (χ1n) is 5.70. The molecule has 1 aliphatic heterocycles. The fourth-order valence-electron chi connectivity index (χ4n) is 2.24. The highest BCUT2D eigenvalue weighted by atomic mass is 14.8. The van der Waals surface area contributed by atoms with Gasteiger partial charge in [0.1, 0.15) is 0 Å². The first kappa shape index (κ1) is 9.72. The molecule has 1 fully saturated rings. The summed E-state index contributed by atoms with van der Waals surface area (Å²) in [4.78, 5) is 0. The van der Waals surface area contributed by atoms with Crippen molar-refractivity contribution in [3.63, 3.8) is 0 Å². The van der Waals surface area contributed by atoms with Gasteiger partial charge >= 0.3 is 0 Å². The predicted molar refractivity (Wildman–Crippen MR) is 60.4 cm³/mol. The molecule has 14 heavy (non-hydrogen) atoms. The van der Waals surface area contributed by atoms with Gasteiger partial charge in [0, 0.05) is 0 Å². The lowest BCUT2D eigenvalue weighted by Gasteiger charge is -2.13. The summed E-state index contributed by atoms with van der Waals surface area (Å²) >= 11 is 0.